The largest absolute Gasteiger partial charge is 0.507 e. The molecule has 0 spiro atoms. The quantitative estimate of drug-likeness (QED) is 0.379. The van der Waals surface area contributed by atoms with E-state index in [1.54, 1.807) is 6.92 Å². The summed E-state index contributed by atoms with van der Waals surface area (Å²) in [6, 6.07) is 2.52. The molecule has 148 valence electrons. The van der Waals surface area contributed by atoms with Gasteiger partial charge in [0.1, 0.15) is 34.1 Å². The van der Waals surface area contributed by atoms with Crippen LogP contribution < -0.4 is 11.3 Å². The lowest BCUT2D eigenvalue weighted by Gasteiger charge is -2.00. The first-order valence-electron chi connectivity index (χ1n) is 7.67. The third-order valence-electron chi connectivity index (χ3n) is 3.09. The summed E-state index contributed by atoms with van der Waals surface area (Å²) >= 11 is 2.15. The molecule has 2 heterocycles. The van der Waals surface area contributed by atoms with Crippen LogP contribution in [-0.2, 0) is 6.42 Å². The van der Waals surface area contributed by atoms with Crippen LogP contribution in [0.25, 0.3) is 0 Å². The van der Waals surface area contributed by atoms with Crippen LogP contribution in [0.15, 0.2) is 30.6 Å². The Kier molecular flexibility index (Phi) is 10.3. The van der Waals surface area contributed by atoms with E-state index in [1.165, 1.54) is 32.9 Å². The van der Waals surface area contributed by atoms with Crippen molar-refractivity contribution in [1.82, 2.24) is 0 Å². The van der Waals surface area contributed by atoms with Gasteiger partial charge in [-0.05, 0) is 25.7 Å². The van der Waals surface area contributed by atoms with Crippen molar-refractivity contribution in [3.63, 3.8) is 0 Å². The fraction of sp³-hybridized carbons (Fsp3) is 0.333. The Labute approximate surface area is 169 Å². The van der Waals surface area contributed by atoms with Crippen LogP contribution in [0.2, 0.25) is 0 Å². The summed E-state index contributed by atoms with van der Waals surface area (Å²) in [4.78, 5) is 45.7. The zero-order valence-corrected chi connectivity index (χ0v) is 17.7. The number of aryl methyl sites for hydroxylation is 2. The van der Waals surface area contributed by atoms with Gasteiger partial charge in [-0.3, -0.25) is 9.59 Å². The van der Waals surface area contributed by atoms with Gasteiger partial charge in [-0.2, -0.15) is 0 Å². The Hall–Kier alpha value is -2.43. The van der Waals surface area contributed by atoms with Gasteiger partial charge in [-0.25, -0.2) is 9.59 Å². The van der Waals surface area contributed by atoms with Crippen LogP contribution in [0.5, 0.6) is 11.5 Å². The molecule has 0 unspecified atom stereocenters. The first-order valence-corrected chi connectivity index (χ1v) is 9.83. The Bertz CT molecular complexity index is 924. The maximum Gasteiger partial charge on any atom is 0.350 e. The number of carbonyl (C=O) groups excluding carboxylic acids is 2. The van der Waals surface area contributed by atoms with Gasteiger partial charge in [0.05, 0.1) is 0 Å². The number of alkyl halides is 1. The van der Waals surface area contributed by atoms with Gasteiger partial charge < -0.3 is 19.0 Å². The molecule has 9 heteroatoms. The van der Waals surface area contributed by atoms with E-state index in [-0.39, 0.29) is 28.4 Å². The smallest absolute Gasteiger partial charge is 0.350 e. The van der Waals surface area contributed by atoms with Crippen molar-refractivity contribution in [2.24, 2.45) is 0 Å². The Morgan fingerprint density at radius 3 is 1.67 bits per heavy atom. The van der Waals surface area contributed by atoms with Gasteiger partial charge >= 0.3 is 11.3 Å². The van der Waals surface area contributed by atoms with Crippen molar-refractivity contribution in [2.45, 2.75) is 34.1 Å². The zero-order valence-electron chi connectivity index (χ0n) is 15.6. The van der Waals surface area contributed by atoms with Crippen molar-refractivity contribution in [3.05, 3.63) is 55.6 Å². The van der Waals surface area contributed by atoms with Crippen LogP contribution in [-0.4, -0.2) is 26.7 Å². The number of hydrogen-bond acceptors (Lipinski definition) is 8. The fourth-order valence-electron chi connectivity index (χ4n) is 1.95. The van der Waals surface area contributed by atoms with E-state index in [4.69, 9.17) is 9.52 Å². The molecule has 0 radical (unpaired) electrons. The predicted octanol–water partition coefficient (Wildman–Crippen LogP) is 3.02. The molecule has 2 N–H and O–H groups in total. The fourth-order valence-corrected chi connectivity index (χ4v) is 1.95. The Morgan fingerprint density at radius 1 is 0.926 bits per heavy atom. The second kappa shape index (κ2) is 11.3. The molecule has 0 saturated carbocycles. The van der Waals surface area contributed by atoms with Crippen molar-refractivity contribution in [2.75, 3.05) is 4.93 Å². The molecule has 0 aromatic carbocycles. The molecule has 0 amide bonds. The van der Waals surface area contributed by atoms with Crippen molar-refractivity contribution in [3.8, 4) is 11.5 Å². The van der Waals surface area contributed by atoms with Gasteiger partial charge in [0, 0.05) is 18.6 Å². The number of halogens is 1. The molecule has 0 aliphatic heterocycles. The van der Waals surface area contributed by atoms with Crippen molar-refractivity contribution >= 4 is 34.2 Å². The zero-order chi connectivity index (χ0) is 21.3. The standard InChI is InChI=1S/C9H10O4.C8H8O4.CH3I/c1-3-6-4-7(11)8(5(2)10)9(12)13-6;1-4-3-6(10)7(5(2)9)8(11)12-4;1-2/h4,11H,3H2,1-2H3;3,10H,1-2H3;1H3. The average Bonchev–Trinajstić information content (AvgIpc) is 2.54. The summed E-state index contributed by atoms with van der Waals surface area (Å²) in [6.45, 7) is 5.70. The highest BCUT2D eigenvalue weighted by Gasteiger charge is 2.14. The first kappa shape index (κ1) is 24.6. The minimum atomic E-state index is -0.792. The van der Waals surface area contributed by atoms with Crippen LogP contribution in [0.4, 0.5) is 0 Å². The summed E-state index contributed by atoms with van der Waals surface area (Å²) in [6.07, 6.45) is 0.501. The van der Waals surface area contributed by atoms with E-state index >= 15 is 0 Å². The lowest BCUT2D eigenvalue weighted by atomic mass is 10.2. The first-order chi connectivity index (χ1) is 12.6. The topological polar surface area (TPSA) is 135 Å². The number of aromatic hydroxyl groups is 2. The second-order valence-corrected chi connectivity index (χ2v) is 5.13. The molecule has 0 aliphatic rings. The third-order valence-corrected chi connectivity index (χ3v) is 3.09. The predicted molar refractivity (Wildman–Crippen MR) is 107 cm³/mol. The highest BCUT2D eigenvalue weighted by atomic mass is 127. The molecule has 2 aromatic rings. The summed E-state index contributed by atoms with van der Waals surface area (Å²) < 4.78 is 9.38. The van der Waals surface area contributed by atoms with Gasteiger partial charge in [-0.1, -0.05) is 29.5 Å². The molecule has 2 aromatic heterocycles. The minimum Gasteiger partial charge on any atom is -0.507 e. The minimum absolute atomic E-state index is 0.280. The number of carbonyl (C=O) groups is 2. The van der Waals surface area contributed by atoms with Crippen molar-refractivity contribution < 1.29 is 28.6 Å². The van der Waals surface area contributed by atoms with E-state index in [0.717, 1.165) is 0 Å². The summed E-state index contributed by atoms with van der Waals surface area (Å²) in [7, 11) is 0. The summed E-state index contributed by atoms with van der Waals surface area (Å²) in [5.74, 6) is -0.970. The van der Waals surface area contributed by atoms with E-state index < -0.39 is 22.8 Å². The summed E-state index contributed by atoms with van der Waals surface area (Å²) in [5.41, 5.74) is -2.14. The van der Waals surface area contributed by atoms with Gasteiger partial charge in [-0.15, -0.1) is 0 Å². The van der Waals surface area contributed by atoms with Gasteiger partial charge in [0.2, 0.25) is 0 Å². The van der Waals surface area contributed by atoms with E-state index in [1.807, 2.05) is 4.93 Å². The molecule has 0 aliphatic carbocycles. The summed E-state index contributed by atoms with van der Waals surface area (Å²) in [5, 5.41) is 18.5. The van der Waals surface area contributed by atoms with Crippen molar-refractivity contribution in [1.29, 1.82) is 0 Å². The van der Waals surface area contributed by atoms with Gasteiger partial charge in [0.25, 0.3) is 0 Å². The van der Waals surface area contributed by atoms with Gasteiger partial charge in [0.15, 0.2) is 11.6 Å². The average molecular weight is 492 g/mol. The molecule has 27 heavy (non-hydrogen) atoms. The molecular formula is C18H21IO8. The highest BCUT2D eigenvalue weighted by molar-refractivity contribution is 14.1. The number of ketones is 2. The Morgan fingerprint density at radius 2 is 1.33 bits per heavy atom. The normalized spacial score (nSPS) is 9.41. The lowest BCUT2D eigenvalue weighted by molar-refractivity contribution is 0.0997. The molecular weight excluding hydrogens is 471 g/mol. The van der Waals surface area contributed by atoms with Crippen LogP contribution in [0.3, 0.4) is 0 Å². The SMILES string of the molecule is CC(=O)c1c(O)cc(C)oc1=O.CCc1cc(O)c(C(C)=O)c(=O)o1.CI. The number of rotatable bonds is 3. The van der Waals surface area contributed by atoms with E-state index in [9.17, 15) is 24.3 Å². The molecule has 8 nitrogen and oxygen atoms in total. The second-order valence-electron chi connectivity index (χ2n) is 5.13. The molecule has 0 saturated heterocycles. The number of hydrogen-bond donors (Lipinski definition) is 2. The molecule has 0 bridgehead atoms. The lowest BCUT2D eigenvalue weighted by Crippen LogP contribution is -2.12. The maximum atomic E-state index is 11.1. The number of Topliss-reactive ketones (excluding diaryl/α,β-unsaturated/α-hetero) is 2. The molecule has 2 rings (SSSR count). The molecule has 0 atom stereocenters. The van der Waals surface area contributed by atoms with Crippen LogP contribution >= 0.6 is 22.6 Å². The monoisotopic (exact) mass is 492 g/mol. The highest BCUT2D eigenvalue weighted by Crippen LogP contribution is 2.15. The van der Waals surface area contributed by atoms with E-state index in [0.29, 0.717) is 12.2 Å². The van der Waals surface area contributed by atoms with Crippen LogP contribution in [0, 0.1) is 6.92 Å². The maximum absolute atomic E-state index is 11.1. The third kappa shape index (κ3) is 7.00. The molecule has 0 fully saturated rings. The Balaban J connectivity index is 0.000000460. The van der Waals surface area contributed by atoms with E-state index in [2.05, 4.69) is 27.0 Å². The van der Waals surface area contributed by atoms with Crippen LogP contribution in [0.1, 0.15) is 53.0 Å².